The van der Waals surface area contributed by atoms with Gasteiger partial charge in [0.15, 0.2) is 0 Å². The Bertz CT molecular complexity index is 1950. The molecule has 16 heteroatoms. The van der Waals surface area contributed by atoms with Crippen LogP contribution in [0.3, 0.4) is 0 Å². The molecule has 5 aliphatic rings. The van der Waals surface area contributed by atoms with E-state index in [2.05, 4.69) is 214 Å². The molecule has 5 heterocycles. The minimum atomic E-state index is -0.387. The highest BCUT2D eigenvalue weighted by atomic mass is 15.8. The second kappa shape index (κ2) is 27.3. The Morgan fingerprint density at radius 3 is 1.24 bits per heavy atom. The lowest BCUT2D eigenvalue weighted by atomic mass is 9.78. The number of hydrogen-bond acceptors (Lipinski definition) is 12. The van der Waals surface area contributed by atoms with Crippen LogP contribution in [0.1, 0.15) is 261 Å². The van der Waals surface area contributed by atoms with E-state index in [-0.39, 0.29) is 74.8 Å². The topological polar surface area (TPSA) is 141 Å². The first-order chi connectivity index (χ1) is 36.6. The lowest BCUT2D eigenvalue weighted by Gasteiger charge is -2.57. The molecule has 0 radical (unpaired) electrons. The molecule has 4 saturated heterocycles. The predicted molar refractivity (Wildman–Crippen MR) is 339 cm³/mol. The molecule has 79 heavy (non-hydrogen) atoms. The molecule has 6 N–H and O–H groups in total. The minimum absolute atomic E-state index is 0.00954. The summed E-state index contributed by atoms with van der Waals surface area (Å²) in [7, 11) is 4.26. The second-order valence-corrected chi connectivity index (χ2v) is 30.6. The molecular formula is C63H126N16. The number of rotatable bonds is 21. The van der Waals surface area contributed by atoms with Crippen molar-refractivity contribution in [2.75, 3.05) is 46.8 Å². The maximum atomic E-state index is 6.17. The summed E-state index contributed by atoms with van der Waals surface area (Å²) in [5.41, 5.74) is 3.20. The second-order valence-electron chi connectivity index (χ2n) is 30.6. The molecule has 4 fully saturated rings. The van der Waals surface area contributed by atoms with Gasteiger partial charge in [-0.3, -0.25) is 20.6 Å². The highest BCUT2D eigenvalue weighted by Gasteiger charge is 2.51. The molecule has 458 valence electrons. The van der Waals surface area contributed by atoms with Gasteiger partial charge in [-0.05, 0) is 194 Å². The number of hydrazine groups is 2. The molecule has 5 rings (SSSR count). The van der Waals surface area contributed by atoms with Crippen molar-refractivity contribution < 1.29 is 0 Å². The lowest BCUT2D eigenvalue weighted by molar-refractivity contribution is -0.0470. The fourth-order valence-electron chi connectivity index (χ4n) is 15.2. The van der Waals surface area contributed by atoms with Gasteiger partial charge in [-0.1, -0.05) is 66.7 Å². The summed E-state index contributed by atoms with van der Waals surface area (Å²) in [6.45, 7) is 54.4. The molecule has 0 aromatic carbocycles. The van der Waals surface area contributed by atoms with Gasteiger partial charge in [-0.25, -0.2) is 25.0 Å². The molecule has 0 bridgehead atoms. The molecule has 0 aliphatic carbocycles. The third-order valence-electron chi connectivity index (χ3n) is 17.2. The molecule has 0 saturated carbocycles. The molecule has 16 nitrogen and oxygen atoms in total. The average molecular weight is 1110 g/mol. The Kier molecular flexibility index (Phi) is 23.2. The molecule has 1 unspecified atom stereocenters. The van der Waals surface area contributed by atoms with Crippen molar-refractivity contribution in [3.63, 3.8) is 0 Å². The van der Waals surface area contributed by atoms with E-state index in [9.17, 15) is 0 Å². The number of aliphatic imine (C=N–C) groups is 4. The summed E-state index contributed by atoms with van der Waals surface area (Å²) in [6.07, 6.45) is 18.1. The first-order valence-corrected chi connectivity index (χ1v) is 32.1. The maximum Gasteiger partial charge on any atom is 0.236 e. The highest BCUT2D eigenvalue weighted by molar-refractivity contribution is 6.02. The van der Waals surface area contributed by atoms with Gasteiger partial charge in [0.2, 0.25) is 30.1 Å². The number of hydrogen-bond donors (Lipinski definition) is 6. The predicted octanol–water partition coefficient (Wildman–Crippen LogP) is 11.0. The van der Waals surface area contributed by atoms with Crippen molar-refractivity contribution in [1.29, 1.82) is 0 Å². The third-order valence-corrected chi connectivity index (χ3v) is 17.2. The highest BCUT2D eigenvalue weighted by Crippen LogP contribution is 2.39. The fraction of sp³-hybridized carbons (Fsp3) is 0.937. The molecule has 0 aromatic heterocycles. The van der Waals surface area contributed by atoms with Gasteiger partial charge in [-0.2, -0.15) is 4.99 Å². The number of unbranched alkanes of at least 4 members (excludes halogenated alkanes) is 5. The molecular weight excluding hydrogens is 981 g/mol. The fourth-order valence-corrected chi connectivity index (χ4v) is 15.2. The van der Waals surface area contributed by atoms with Crippen LogP contribution in [-0.4, -0.2) is 175 Å². The summed E-state index contributed by atoms with van der Waals surface area (Å²) < 4.78 is 0. The minimum Gasteiger partial charge on any atom is -0.343 e. The maximum absolute atomic E-state index is 6.17. The quantitative estimate of drug-likeness (QED) is 0.0370. The van der Waals surface area contributed by atoms with E-state index in [0.717, 1.165) is 172 Å². The third kappa shape index (κ3) is 19.7. The largest absolute Gasteiger partial charge is 0.343 e. The molecule has 0 amide bonds. The molecule has 5 aliphatic heterocycles. The summed E-state index contributed by atoms with van der Waals surface area (Å²) in [4.78, 5) is 31.0. The van der Waals surface area contributed by atoms with E-state index in [0.29, 0.717) is 0 Å². The Hall–Kier alpha value is -2.76. The van der Waals surface area contributed by atoms with Crippen molar-refractivity contribution in [3.8, 4) is 0 Å². The van der Waals surface area contributed by atoms with Crippen molar-refractivity contribution in [3.05, 3.63) is 0 Å². The van der Waals surface area contributed by atoms with Gasteiger partial charge >= 0.3 is 0 Å². The monoisotopic (exact) mass is 1110 g/mol. The van der Waals surface area contributed by atoms with Gasteiger partial charge in [0.25, 0.3) is 0 Å². The van der Waals surface area contributed by atoms with Crippen LogP contribution in [0.5, 0.6) is 0 Å². The SMILES string of the molecule is CCCCN(CCCC)C1=NC(N(CCCC)CCCC)N=C(N(C2CC(C)(C)NC(C)(C)C2)N(C(=NC(=NC)N(CCCC)C2CC(C)(C)NC(C)(C)C2)NN(C)C2CC(C)(C)NC(C)(C)C2)C2CC(C)(C)NC(C)(C)C2)N1. The Morgan fingerprint density at radius 2 is 0.835 bits per heavy atom. The van der Waals surface area contributed by atoms with Gasteiger partial charge in [-0.15, -0.1) is 0 Å². The summed E-state index contributed by atoms with van der Waals surface area (Å²) in [5.74, 6) is 3.39. The smallest absolute Gasteiger partial charge is 0.236 e. The van der Waals surface area contributed by atoms with E-state index in [1.165, 1.54) is 0 Å². The van der Waals surface area contributed by atoms with Crippen molar-refractivity contribution in [2.45, 2.75) is 336 Å². The molecule has 1 atom stereocenters. The van der Waals surface area contributed by atoms with Crippen LogP contribution in [0.2, 0.25) is 0 Å². The molecule has 0 aromatic rings. The Morgan fingerprint density at radius 1 is 0.481 bits per heavy atom. The Balaban J connectivity index is 1.94. The zero-order valence-electron chi connectivity index (χ0n) is 55.6. The van der Waals surface area contributed by atoms with Gasteiger partial charge in [0, 0.05) is 103 Å². The van der Waals surface area contributed by atoms with E-state index < -0.39 is 0 Å². The van der Waals surface area contributed by atoms with E-state index >= 15 is 0 Å². The van der Waals surface area contributed by atoms with Crippen LogP contribution in [0.25, 0.3) is 0 Å². The van der Waals surface area contributed by atoms with Crippen molar-refractivity contribution in [2.24, 2.45) is 20.0 Å². The number of guanidine groups is 4. The van der Waals surface area contributed by atoms with Crippen LogP contribution < -0.4 is 32.0 Å². The van der Waals surface area contributed by atoms with Crippen LogP contribution in [0.15, 0.2) is 20.0 Å². The normalized spacial score (nSPS) is 25.2. The van der Waals surface area contributed by atoms with E-state index in [4.69, 9.17) is 20.0 Å². The number of nitrogens with zero attached hydrogens (tertiary/aromatic N) is 10. The van der Waals surface area contributed by atoms with Crippen LogP contribution in [0, 0.1) is 0 Å². The zero-order chi connectivity index (χ0) is 59.0. The first kappa shape index (κ1) is 67.0. The number of nitrogens with one attached hydrogen (secondary N) is 6. The summed E-state index contributed by atoms with van der Waals surface area (Å²) in [6, 6.07) is 0.440. The first-order valence-electron chi connectivity index (χ1n) is 32.1. The number of piperidine rings is 4. The van der Waals surface area contributed by atoms with Gasteiger partial charge in [0.05, 0.1) is 12.1 Å². The molecule has 0 spiro atoms. The average Bonchev–Trinajstić information content (AvgIpc) is 3.29. The van der Waals surface area contributed by atoms with Gasteiger partial charge in [0.1, 0.15) is 0 Å². The van der Waals surface area contributed by atoms with Crippen LogP contribution >= 0.6 is 0 Å². The standard InChI is InChI=1S/C63H126N16/c1-24-29-34-75(35-30-25-2)52-66-53(76(36-31-26-3)37-32-27-4)68-54(67-52)78(49-43-60(14,15)72-61(16,17)44-49)79(50-45-62(18,19)73-63(20,21)46-50)55(69-74(23)47-39-56(6,7)70-57(8,9)40-47)65-51(64-22)77(38-33-28-5)48-41-58(10,11)71-59(12,13)42-48/h47-50,52,70-73H,24-46H2,1-23H3,(H,64,65,69)(H,66,67,68). The summed E-state index contributed by atoms with van der Waals surface area (Å²) in [5, 5.41) is 28.1. The van der Waals surface area contributed by atoms with Crippen molar-refractivity contribution >= 4 is 23.8 Å². The summed E-state index contributed by atoms with van der Waals surface area (Å²) >= 11 is 0. The zero-order valence-corrected chi connectivity index (χ0v) is 55.6. The van der Waals surface area contributed by atoms with E-state index in [1.807, 2.05) is 7.05 Å². The van der Waals surface area contributed by atoms with E-state index in [1.54, 1.807) is 0 Å². The Labute approximate surface area is 486 Å². The van der Waals surface area contributed by atoms with Crippen LogP contribution in [0.4, 0.5) is 0 Å². The van der Waals surface area contributed by atoms with Gasteiger partial charge < -0.3 is 31.1 Å². The van der Waals surface area contributed by atoms with Crippen LogP contribution in [-0.2, 0) is 0 Å². The lowest BCUT2D eigenvalue weighted by Crippen LogP contribution is -2.74. The van der Waals surface area contributed by atoms with Crippen molar-refractivity contribution in [1.82, 2.24) is 61.7 Å².